The van der Waals surface area contributed by atoms with Crippen LogP contribution in [-0.2, 0) is 24.1 Å². The summed E-state index contributed by atoms with van der Waals surface area (Å²) >= 11 is 0. The zero-order valence-electron chi connectivity index (χ0n) is 15.4. The third-order valence-corrected chi connectivity index (χ3v) is 7.05. The van der Waals surface area contributed by atoms with Crippen molar-refractivity contribution in [3.63, 3.8) is 0 Å². The molecular formula is C26H18O2. The number of carbonyl (C=O) groups excluding carboxylic acids is 1. The molecule has 0 radical (unpaired) electrons. The molecule has 0 fully saturated rings. The van der Waals surface area contributed by atoms with Gasteiger partial charge in [0, 0.05) is 11.5 Å². The molecule has 134 valence electrons. The van der Waals surface area contributed by atoms with Crippen molar-refractivity contribution in [2.45, 2.75) is 25.2 Å². The number of fused-ring (bicyclic) bond motifs is 11. The molecule has 0 saturated carbocycles. The van der Waals surface area contributed by atoms with E-state index < -0.39 is 0 Å². The molecule has 1 aliphatic heterocycles. The highest BCUT2D eigenvalue weighted by Crippen LogP contribution is 2.55. The first-order valence-electron chi connectivity index (χ1n) is 10.1. The van der Waals surface area contributed by atoms with Gasteiger partial charge >= 0.3 is 5.97 Å². The highest BCUT2D eigenvalue weighted by atomic mass is 16.5. The molecule has 0 amide bonds. The summed E-state index contributed by atoms with van der Waals surface area (Å²) in [6.45, 7) is 0. The Morgan fingerprint density at radius 3 is 2.43 bits per heavy atom. The van der Waals surface area contributed by atoms with E-state index in [1.165, 1.54) is 43.8 Å². The average Bonchev–Trinajstić information content (AvgIpc) is 3.37. The minimum absolute atomic E-state index is 0.132. The Bertz CT molecular complexity index is 1350. The van der Waals surface area contributed by atoms with Crippen molar-refractivity contribution in [3.8, 4) is 5.75 Å². The van der Waals surface area contributed by atoms with E-state index in [1.54, 1.807) is 0 Å². The maximum atomic E-state index is 12.0. The van der Waals surface area contributed by atoms with Gasteiger partial charge in [-0.3, -0.25) is 4.79 Å². The van der Waals surface area contributed by atoms with Crippen LogP contribution < -0.4 is 4.74 Å². The first kappa shape index (κ1) is 14.9. The highest BCUT2D eigenvalue weighted by Gasteiger charge is 2.42. The first-order chi connectivity index (χ1) is 13.8. The van der Waals surface area contributed by atoms with E-state index in [2.05, 4.69) is 54.6 Å². The van der Waals surface area contributed by atoms with E-state index in [4.69, 9.17) is 4.74 Å². The lowest BCUT2D eigenvalue weighted by atomic mass is 9.85. The minimum Gasteiger partial charge on any atom is -0.426 e. The predicted octanol–water partition coefficient (Wildman–Crippen LogP) is 5.31. The number of rotatable bonds is 0. The zero-order valence-corrected chi connectivity index (χ0v) is 15.4. The highest BCUT2D eigenvalue weighted by molar-refractivity contribution is 5.99. The number of hydrogen-bond acceptors (Lipinski definition) is 2. The van der Waals surface area contributed by atoms with E-state index in [-0.39, 0.29) is 5.97 Å². The van der Waals surface area contributed by atoms with Gasteiger partial charge in [-0.2, -0.15) is 0 Å². The van der Waals surface area contributed by atoms with E-state index in [9.17, 15) is 4.79 Å². The largest absolute Gasteiger partial charge is 0.426 e. The Morgan fingerprint density at radius 2 is 1.54 bits per heavy atom. The fourth-order valence-electron chi connectivity index (χ4n) is 6.03. The molecule has 2 aliphatic carbocycles. The van der Waals surface area contributed by atoms with Crippen LogP contribution in [0.2, 0.25) is 0 Å². The zero-order chi connectivity index (χ0) is 18.4. The lowest BCUT2D eigenvalue weighted by Gasteiger charge is -2.18. The van der Waals surface area contributed by atoms with Gasteiger partial charge in [-0.25, -0.2) is 0 Å². The summed E-state index contributed by atoms with van der Waals surface area (Å²) < 4.78 is 5.49. The molecule has 28 heavy (non-hydrogen) atoms. The second-order valence-corrected chi connectivity index (χ2v) is 8.44. The molecule has 2 unspecified atom stereocenters. The van der Waals surface area contributed by atoms with Crippen molar-refractivity contribution in [1.82, 2.24) is 0 Å². The summed E-state index contributed by atoms with van der Waals surface area (Å²) in [6.07, 6.45) is 2.66. The lowest BCUT2D eigenvalue weighted by molar-refractivity contribution is -0.131. The molecule has 0 saturated heterocycles. The average molecular weight is 362 g/mol. The second kappa shape index (κ2) is 5.02. The van der Waals surface area contributed by atoms with Crippen molar-refractivity contribution in [2.75, 3.05) is 0 Å². The van der Waals surface area contributed by atoms with E-state index in [0.717, 1.165) is 24.2 Å². The first-order valence-corrected chi connectivity index (χ1v) is 10.1. The second-order valence-electron chi connectivity index (χ2n) is 8.44. The molecule has 3 aliphatic rings. The van der Waals surface area contributed by atoms with Crippen LogP contribution in [-0.4, -0.2) is 5.97 Å². The van der Waals surface area contributed by atoms with Crippen molar-refractivity contribution < 1.29 is 9.53 Å². The number of benzene rings is 4. The van der Waals surface area contributed by atoms with Gasteiger partial charge in [-0.05, 0) is 68.6 Å². The maximum absolute atomic E-state index is 12.0. The molecule has 0 aromatic heterocycles. The molecule has 4 aromatic rings. The fraction of sp³-hybridized carbons (Fsp3) is 0.192. The van der Waals surface area contributed by atoms with Crippen LogP contribution in [0.5, 0.6) is 5.75 Å². The summed E-state index contributed by atoms with van der Waals surface area (Å²) in [5, 5.41) is 5.20. The van der Waals surface area contributed by atoms with Gasteiger partial charge in [0.25, 0.3) is 0 Å². The number of hydrogen-bond donors (Lipinski definition) is 0. The lowest BCUT2D eigenvalue weighted by Crippen LogP contribution is -2.04. The van der Waals surface area contributed by atoms with Crippen LogP contribution in [0.15, 0.2) is 60.7 Å². The smallest absolute Gasteiger partial charge is 0.315 e. The van der Waals surface area contributed by atoms with E-state index in [0.29, 0.717) is 18.3 Å². The molecule has 0 spiro atoms. The molecular weight excluding hydrogens is 344 g/mol. The van der Waals surface area contributed by atoms with Crippen LogP contribution in [0.25, 0.3) is 21.5 Å². The summed E-state index contributed by atoms with van der Waals surface area (Å²) in [6, 6.07) is 22.0. The monoisotopic (exact) mass is 362 g/mol. The normalized spacial score (nSPS) is 21.5. The van der Waals surface area contributed by atoms with Crippen LogP contribution in [0.4, 0.5) is 0 Å². The third kappa shape index (κ3) is 1.76. The van der Waals surface area contributed by atoms with Gasteiger partial charge in [0.1, 0.15) is 5.75 Å². The molecule has 0 bridgehead atoms. The van der Waals surface area contributed by atoms with Gasteiger partial charge in [-0.1, -0.05) is 54.6 Å². The molecule has 1 heterocycles. The van der Waals surface area contributed by atoms with Gasteiger partial charge < -0.3 is 4.74 Å². The van der Waals surface area contributed by atoms with E-state index >= 15 is 0 Å². The Morgan fingerprint density at radius 1 is 0.786 bits per heavy atom. The number of ether oxygens (including phenoxy) is 1. The third-order valence-electron chi connectivity index (χ3n) is 7.05. The molecule has 2 heteroatoms. The van der Waals surface area contributed by atoms with Crippen molar-refractivity contribution >= 4 is 27.5 Å². The van der Waals surface area contributed by atoms with Crippen molar-refractivity contribution in [2.24, 2.45) is 5.92 Å². The van der Waals surface area contributed by atoms with Crippen LogP contribution >= 0.6 is 0 Å². The predicted molar refractivity (Wildman–Crippen MR) is 110 cm³/mol. The van der Waals surface area contributed by atoms with Gasteiger partial charge in [-0.15, -0.1) is 0 Å². The molecule has 7 rings (SSSR count). The Labute approximate surface area is 162 Å². The van der Waals surface area contributed by atoms with Crippen LogP contribution in [0.3, 0.4) is 0 Å². The SMILES string of the molecule is O=C1Cc2c(ccc3ccc4c(c23)C2c3c(ccc5ccccc35)CC2C4)O1. The topological polar surface area (TPSA) is 26.3 Å². The van der Waals surface area contributed by atoms with Gasteiger partial charge in [0.15, 0.2) is 0 Å². The van der Waals surface area contributed by atoms with Gasteiger partial charge in [0.2, 0.25) is 0 Å². The molecule has 4 aromatic carbocycles. The van der Waals surface area contributed by atoms with Crippen LogP contribution in [0.1, 0.15) is 33.7 Å². The summed E-state index contributed by atoms with van der Waals surface area (Å²) in [7, 11) is 0. The summed E-state index contributed by atoms with van der Waals surface area (Å²) in [5.74, 6) is 1.66. The van der Waals surface area contributed by atoms with Crippen molar-refractivity contribution in [3.05, 3.63) is 88.5 Å². The van der Waals surface area contributed by atoms with Crippen molar-refractivity contribution in [1.29, 1.82) is 0 Å². The Balaban J connectivity index is 1.58. The summed E-state index contributed by atoms with van der Waals surface area (Å²) in [4.78, 5) is 12.0. The number of esters is 1. The maximum Gasteiger partial charge on any atom is 0.315 e. The molecule has 2 nitrogen and oxygen atoms in total. The Kier molecular flexibility index (Phi) is 2.67. The van der Waals surface area contributed by atoms with Crippen LogP contribution in [0, 0.1) is 5.92 Å². The van der Waals surface area contributed by atoms with E-state index in [1.807, 2.05) is 6.07 Å². The Hall–Kier alpha value is -3.13. The molecule has 0 N–H and O–H groups in total. The standard InChI is InChI=1S/C26H18O2/c27-22-13-20-21(28-22)10-9-15-6-8-17-12-18-11-16-7-5-14-3-1-2-4-19(14)24(16)26(18)25(17)23(15)20/h1-10,18,26H,11-13H2. The quantitative estimate of drug-likeness (QED) is 0.313. The molecule has 2 atom stereocenters. The minimum atomic E-state index is -0.132. The fourth-order valence-corrected chi connectivity index (χ4v) is 6.03. The summed E-state index contributed by atoms with van der Waals surface area (Å²) in [5.41, 5.74) is 7.00. The van der Waals surface area contributed by atoms with Gasteiger partial charge in [0.05, 0.1) is 6.42 Å². The number of carbonyl (C=O) groups is 1.